The van der Waals surface area contributed by atoms with Crippen LogP contribution in [0.4, 0.5) is 0 Å². The van der Waals surface area contributed by atoms with Crippen molar-refractivity contribution in [1.82, 2.24) is 4.90 Å². The SMILES string of the molecule is c1ccc(CCOc2cccc(CCCN3CCOCC3)c2)cc1. The smallest absolute Gasteiger partial charge is 0.119 e. The maximum atomic E-state index is 5.92. The minimum absolute atomic E-state index is 0.723. The summed E-state index contributed by atoms with van der Waals surface area (Å²) in [7, 11) is 0. The van der Waals surface area contributed by atoms with Gasteiger partial charge in [-0.3, -0.25) is 4.90 Å². The summed E-state index contributed by atoms with van der Waals surface area (Å²) in [4.78, 5) is 2.49. The second-order valence-corrected chi connectivity index (χ2v) is 6.29. The molecule has 0 spiro atoms. The molecule has 0 radical (unpaired) electrons. The number of ether oxygens (including phenoxy) is 2. The van der Waals surface area contributed by atoms with E-state index in [1.165, 1.54) is 17.5 Å². The van der Waals surface area contributed by atoms with Gasteiger partial charge in [-0.1, -0.05) is 42.5 Å². The summed E-state index contributed by atoms with van der Waals surface area (Å²) >= 11 is 0. The molecule has 1 aliphatic heterocycles. The Morgan fingerprint density at radius 3 is 2.50 bits per heavy atom. The van der Waals surface area contributed by atoms with Crippen LogP contribution in [0.1, 0.15) is 17.5 Å². The minimum atomic E-state index is 0.723. The number of benzene rings is 2. The molecule has 0 N–H and O–H groups in total. The first-order chi connectivity index (χ1) is 11.9. The van der Waals surface area contributed by atoms with E-state index in [4.69, 9.17) is 9.47 Å². The van der Waals surface area contributed by atoms with Gasteiger partial charge in [0.15, 0.2) is 0 Å². The summed E-state index contributed by atoms with van der Waals surface area (Å²) in [5.74, 6) is 0.981. The van der Waals surface area contributed by atoms with Gasteiger partial charge < -0.3 is 9.47 Å². The van der Waals surface area contributed by atoms with Crippen LogP contribution in [0, 0.1) is 0 Å². The second kappa shape index (κ2) is 9.45. The van der Waals surface area contributed by atoms with Gasteiger partial charge in [-0.05, 0) is 42.6 Å². The Morgan fingerprint density at radius 1 is 0.875 bits per heavy atom. The molecule has 1 fully saturated rings. The first-order valence-corrected chi connectivity index (χ1v) is 8.96. The number of hydrogen-bond acceptors (Lipinski definition) is 3. The van der Waals surface area contributed by atoms with Crippen LogP contribution < -0.4 is 4.74 Å². The van der Waals surface area contributed by atoms with E-state index in [-0.39, 0.29) is 0 Å². The van der Waals surface area contributed by atoms with Gasteiger partial charge in [0.2, 0.25) is 0 Å². The molecule has 3 rings (SSSR count). The monoisotopic (exact) mass is 325 g/mol. The lowest BCUT2D eigenvalue weighted by atomic mass is 10.1. The van der Waals surface area contributed by atoms with Crippen molar-refractivity contribution in [2.24, 2.45) is 0 Å². The highest BCUT2D eigenvalue weighted by atomic mass is 16.5. The lowest BCUT2D eigenvalue weighted by molar-refractivity contribution is 0.0374. The predicted octanol–water partition coefficient (Wildman–Crippen LogP) is 3.57. The maximum absolute atomic E-state index is 5.92. The standard InChI is InChI=1S/C21H27NO2/c1-2-6-19(7-3-1)11-15-24-21-10-4-8-20(18-21)9-5-12-22-13-16-23-17-14-22/h1-4,6-8,10,18H,5,9,11-17H2. The summed E-state index contributed by atoms with van der Waals surface area (Å²) in [6.45, 7) is 5.78. The molecule has 0 aliphatic carbocycles. The lowest BCUT2D eigenvalue weighted by Gasteiger charge is -2.26. The third kappa shape index (κ3) is 5.66. The number of hydrogen-bond donors (Lipinski definition) is 0. The zero-order valence-corrected chi connectivity index (χ0v) is 14.3. The van der Waals surface area contributed by atoms with Crippen LogP contribution in [0.15, 0.2) is 54.6 Å². The van der Waals surface area contributed by atoms with Gasteiger partial charge in [-0.2, -0.15) is 0 Å². The molecule has 1 aliphatic rings. The van der Waals surface area contributed by atoms with Crippen LogP contribution in [-0.4, -0.2) is 44.4 Å². The van der Waals surface area contributed by atoms with E-state index in [1.54, 1.807) is 0 Å². The molecule has 128 valence electrons. The summed E-state index contributed by atoms with van der Waals surface area (Å²) < 4.78 is 11.3. The first-order valence-electron chi connectivity index (χ1n) is 8.96. The number of morpholine rings is 1. The second-order valence-electron chi connectivity index (χ2n) is 6.29. The Labute approximate surface area is 145 Å². The van der Waals surface area contributed by atoms with Crippen molar-refractivity contribution < 1.29 is 9.47 Å². The van der Waals surface area contributed by atoms with Gasteiger partial charge >= 0.3 is 0 Å². The normalized spacial score (nSPS) is 15.3. The average Bonchev–Trinajstić information content (AvgIpc) is 2.64. The maximum Gasteiger partial charge on any atom is 0.119 e. The number of aryl methyl sites for hydroxylation is 1. The molecule has 0 atom stereocenters. The molecule has 0 bridgehead atoms. The fraction of sp³-hybridized carbons (Fsp3) is 0.429. The van der Waals surface area contributed by atoms with E-state index in [1.807, 2.05) is 6.07 Å². The van der Waals surface area contributed by atoms with Crippen LogP contribution in [0.3, 0.4) is 0 Å². The molecule has 2 aromatic rings. The third-order valence-corrected chi connectivity index (χ3v) is 4.44. The van der Waals surface area contributed by atoms with Crippen LogP contribution in [0.5, 0.6) is 5.75 Å². The molecule has 2 aromatic carbocycles. The van der Waals surface area contributed by atoms with Gasteiger partial charge in [0.1, 0.15) is 5.75 Å². The molecule has 0 aromatic heterocycles. The van der Waals surface area contributed by atoms with Crippen molar-refractivity contribution in [3.05, 3.63) is 65.7 Å². The largest absolute Gasteiger partial charge is 0.493 e. The van der Waals surface area contributed by atoms with Crippen molar-refractivity contribution in [3.63, 3.8) is 0 Å². The van der Waals surface area contributed by atoms with E-state index in [2.05, 4.69) is 53.4 Å². The lowest BCUT2D eigenvalue weighted by Crippen LogP contribution is -2.36. The molecule has 1 heterocycles. The van der Waals surface area contributed by atoms with Crippen LogP contribution in [0.2, 0.25) is 0 Å². The fourth-order valence-electron chi connectivity index (χ4n) is 3.05. The zero-order chi connectivity index (χ0) is 16.5. The average molecular weight is 325 g/mol. The number of nitrogens with zero attached hydrogens (tertiary/aromatic N) is 1. The Bertz CT molecular complexity index is 594. The van der Waals surface area contributed by atoms with Gasteiger partial charge in [-0.15, -0.1) is 0 Å². The van der Waals surface area contributed by atoms with E-state index < -0.39 is 0 Å². The van der Waals surface area contributed by atoms with Gasteiger partial charge in [0.05, 0.1) is 19.8 Å². The van der Waals surface area contributed by atoms with E-state index in [0.717, 1.165) is 58.0 Å². The van der Waals surface area contributed by atoms with Crippen molar-refractivity contribution in [2.45, 2.75) is 19.3 Å². The molecule has 0 amide bonds. The highest BCUT2D eigenvalue weighted by Crippen LogP contribution is 2.15. The topological polar surface area (TPSA) is 21.7 Å². The molecule has 3 nitrogen and oxygen atoms in total. The zero-order valence-electron chi connectivity index (χ0n) is 14.3. The summed E-state index contributed by atoms with van der Waals surface area (Å²) in [5, 5.41) is 0. The molecule has 3 heteroatoms. The van der Waals surface area contributed by atoms with Crippen molar-refractivity contribution in [3.8, 4) is 5.75 Å². The van der Waals surface area contributed by atoms with E-state index in [9.17, 15) is 0 Å². The van der Waals surface area contributed by atoms with Gasteiger partial charge in [0.25, 0.3) is 0 Å². The number of rotatable bonds is 8. The van der Waals surface area contributed by atoms with Crippen LogP contribution in [0.25, 0.3) is 0 Å². The molecule has 24 heavy (non-hydrogen) atoms. The minimum Gasteiger partial charge on any atom is -0.493 e. The third-order valence-electron chi connectivity index (χ3n) is 4.44. The van der Waals surface area contributed by atoms with Crippen molar-refractivity contribution in [1.29, 1.82) is 0 Å². The van der Waals surface area contributed by atoms with Crippen LogP contribution in [-0.2, 0) is 17.6 Å². The van der Waals surface area contributed by atoms with E-state index in [0.29, 0.717) is 0 Å². The van der Waals surface area contributed by atoms with Crippen molar-refractivity contribution >= 4 is 0 Å². The van der Waals surface area contributed by atoms with Gasteiger partial charge in [0, 0.05) is 19.5 Å². The summed E-state index contributed by atoms with van der Waals surface area (Å²) in [6, 6.07) is 19.0. The molecule has 0 unspecified atom stereocenters. The molecule has 1 saturated heterocycles. The van der Waals surface area contributed by atoms with E-state index >= 15 is 0 Å². The summed E-state index contributed by atoms with van der Waals surface area (Å²) in [6.07, 6.45) is 3.24. The van der Waals surface area contributed by atoms with Crippen molar-refractivity contribution in [2.75, 3.05) is 39.5 Å². The highest BCUT2D eigenvalue weighted by Gasteiger charge is 2.09. The highest BCUT2D eigenvalue weighted by molar-refractivity contribution is 5.28. The van der Waals surface area contributed by atoms with Gasteiger partial charge in [-0.25, -0.2) is 0 Å². The molecular weight excluding hydrogens is 298 g/mol. The molecule has 0 saturated carbocycles. The fourth-order valence-corrected chi connectivity index (χ4v) is 3.05. The summed E-state index contributed by atoms with van der Waals surface area (Å²) in [5.41, 5.74) is 2.68. The Kier molecular flexibility index (Phi) is 6.70. The quantitative estimate of drug-likeness (QED) is 0.740. The predicted molar refractivity (Wildman–Crippen MR) is 97.7 cm³/mol. The van der Waals surface area contributed by atoms with Crippen LogP contribution >= 0.6 is 0 Å². The Hall–Kier alpha value is -1.84. The Balaban J connectivity index is 1.40. The first kappa shape index (κ1) is 17.0. The molecular formula is C21H27NO2. The Morgan fingerprint density at radius 2 is 1.67 bits per heavy atom.